The summed E-state index contributed by atoms with van der Waals surface area (Å²) in [5, 5.41) is 11.4. The van der Waals surface area contributed by atoms with Gasteiger partial charge in [-0.25, -0.2) is 0 Å². The third-order valence-electron chi connectivity index (χ3n) is 5.57. The van der Waals surface area contributed by atoms with Crippen molar-refractivity contribution < 1.29 is 33.3 Å². The Bertz CT molecular complexity index is 1280. The van der Waals surface area contributed by atoms with Crippen molar-refractivity contribution in [1.29, 1.82) is 0 Å². The fourth-order valence-corrected chi connectivity index (χ4v) is 4.19. The van der Waals surface area contributed by atoms with Crippen molar-refractivity contribution in [1.82, 2.24) is 4.90 Å². The fourth-order valence-electron chi connectivity index (χ4n) is 3.98. The van der Waals surface area contributed by atoms with Crippen molar-refractivity contribution in [3.8, 4) is 17.2 Å². The van der Waals surface area contributed by atoms with Crippen LogP contribution in [0.5, 0.6) is 17.2 Å². The first-order chi connectivity index (χ1) is 16.0. The fraction of sp³-hybridized carbons (Fsp3) is 0.167. The molecule has 3 heterocycles. The molecule has 0 aliphatic carbocycles. The number of methoxy groups -OCH3 is 1. The van der Waals surface area contributed by atoms with E-state index in [0.717, 1.165) is 5.56 Å². The van der Waals surface area contributed by atoms with Crippen molar-refractivity contribution in [2.24, 2.45) is 0 Å². The van der Waals surface area contributed by atoms with Crippen LogP contribution in [-0.2, 0) is 16.1 Å². The molecule has 1 amide bonds. The number of carbonyl (C=O) groups excluding carboxylic acids is 2. The Kier molecular flexibility index (Phi) is 5.22. The van der Waals surface area contributed by atoms with Gasteiger partial charge in [0.25, 0.3) is 11.7 Å². The average molecular weight is 468 g/mol. The minimum atomic E-state index is -0.951. The number of ketones is 1. The Morgan fingerprint density at radius 3 is 2.73 bits per heavy atom. The van der Waals surface area contributed by atoms with E-state index in [1.807, 2.05) is 0 Å². The number of nitrogens with zero attached hydrogens (tertiary/aromatic N) is 1. The minimum Gasteiger partial charge on any atom is -0.507 e. The van der Waals surface area contributed by atoms with Gasteiger partial charge in [-0.2, -0.15) is 0 Å². The van der Waals surface area contributed by atoms with Gasteiger partial charge in [-0.3, -0.25) is 9.59 Å². The normalized spacial score (nSPS) is 18.7. The highest BCUT2D eigenvalue weighted by molar-refractivity contribution is 6.46. The van der Waals surface area contributed by atoms with Gasteiger partial charge in [-0.05, 0) is 48.0 Å². The molecule has 0 spiro atoms. The van der Waals surface area contributed by atoms with Crippen LogP contribution in [0.1, 0.15) is 22.9 Å². The van der Waals surface area contributed by atoms with E-state index in [1.165, 1.54) is 24.3 Å². The van der Waals surface area contributed by atoms with Gasteiger partial charge in [0.1, 0.15) is 23.3 Å². The second-order valence-corrected chi connectivity index (χ2v) is 7.88. The van der Waals surface area contributed by atoms with Crippen LogP contribution in [0.15, 0.2) is 64.8 Å². The van der Waals surface area contributed by atoms with Gasteiger partial charge in [0.15, 0.2) is 11.5 Å². The second-order valence-electron chi connectivity index (χ2n) is 7.48. The third kappa shape index (κ3) is 3.58. The number of rotatable bonds is 5. The summed E-state index contributed by atoms with van der Waals surface area (Å²) in [7, 11) is 1.47. The highest BCUT2D eigenvalue weighted by Crippen LogP contribution is 2.42. The molecule has 1 fully saturated rings. The van der Waals surface area contributed by atoms with Gasteiger partial charge >= 0.3 is 0 Å². The van der Waals surface area contributed by atoms with Gasteiger partial charge in [0.05, 0.1) is 24.0 Å². The maximum absolute atomic E-state index is 13.1. The second kappa shape index (κ2) is 8.22. The van der Waals surface area contributed by atoms with E-state index in [9.17, 15) is 14.7 Å². The van der Waals surface area contributed by atoms with Gasteiger partial charge in [-0.1, -0.05) is 17.7 Å². The molecule has 1 N–H and O–H groups in total. The van der Waals surface area contributed by atoms with Gasteiger partial charge in [0.2, 0.25) is 6.79 Å². The SMILES string of the molecule is COc1ccc(Cl)c(/C(O)=C2/C(=O)C(=O)N(Cc3ccc4c(c3)OCO4)C2c2ccco2)c1. The summed E-state index contributed by atoms with van der Waals surface area (Å²) in [5.41, 5.74) is 0.775. The smallest absolute Gasteiger partial charge is 0.296 e. The maximum atomic E-state index is 13.1. The van der Waals surface area contributed by atoms with Crippen molar-refractivity contribution in [2.45, 2.75) is 12.6 Å². The lowest BCUT2D eigenvalue weighted by Crippen LogP contribution is -2.29. The number of halogens is 1. The molecular weight excluding hydrogens is 450 g/mol. The number of benzene rings is 2. The van der Waals surface area contributed by atoms with Crippen molar-refractivity contribution >= 4 is 29.1 Å². The zero-order chi connectivity index (χ0) is 23.1. The first kappa shape index (κ1) is 21.0. The van der Waals surface area contributed by atoms with Crippen molar-refractivity contribution in [3.05, 3.63) is 82.3 Å². The van der Waals surface area contributed by atoms with Crippen LogP contribution >= 0.6 is 11.6 Å². The third-order valence-corrected chi connectivity index (χ3v) is 5.90. The molecule has 2 aliphatic rings. The lowest BCUT2D eigenvalue weighted by atomic mass is 9.99. The van der Waals surface area contributed by atoms with Crippen LogP contribution in [0.25, 0.3) is 5.76 Å². The van der Waals surface area contributed by atoms with E-state index in [-0.39, 0.29) is 29.5 Å². The van der Waals surface area contributed by atoms with E-state index >= 15 is 0 Å². The molecular formula is C24H18ClNO7. The number of amides is 1. The molecule has 3 aromatic rings. The summed E-state index contributed by atoms with van der Waals surface area (Å²) in [6.07, 6.45) is 1.44. The number of hydrogen-bond donors (Lipinski definition) is 1. The number of aliphatic hydroxyl groups is 1. The molecule has 2 aliphatic heterocycles. The van der Waals surface area contributed by atoms with E-state index in [4.69, 9.17) is 30.2 Å². The summed E-state index contributed by atoms with van der Waals surface area (Å²) in [6, 6.07) is 12.3. The molecule has 1 unspecified atom stereocenters. The highest BCUT2D eigenvalue weighted by Gasteiger charge is 2.47. The van der Waals surface area contributed by atoms with Crippen molar-refractivity contribution in [3.63, 3.8) is 0 Å². The Morgan fingerprint density at radius 1 is 1.15 bits per heavy atom. The number of likely N-dealkylation sites (tertiary alicyclic amines) is 1. The van der Waals surface area contributed by atoms with Crippen LogP contribution in [0.3, 0.4) is 0 Å². The number of hydrogen-bond acceptors (Lipinski definition) is 7. The number of fused-ring (bicyclic) bond motifs is 1. The lowest BCUT2D eigenvalue weighted by molar-refractivity contribution is -0.140. The average Bonchev–Trinajstić information content (AvgIpc) is 3.56. The molecule has 33 heavy (non-hydrogen) atoms. The molecule has 5 rings (SSSR count). The highest BCUT2D eigenvalue weighted by atomic mass is 35.5. The summed E-state index contributed by atoms with van der Waals surface area (Å²) in [6.45, 7) is 0.201. The van der Waals surface area contributed by atoms with Gasteiger partial charge in [0, 0.05) is 12.1 Å². The number of furan rings is 1. The number of aliphatic hydroxyl groups excluding tert-OH is 1. The Labute approximate surface area is 193 Å². The minimum absolute atomic E-state index is 0.0786. The quantitative estimate of drug-likeness (QED) is 0.339. The standard InChI is InChI=1S/C24H18ClNO7/c1-30-14-5-6-16(25)15(10-14)22(27)20-21(18-3-2-8-31-18)26(24(29)23(20)28)11-13-4-7-17-19(9-13)33-12-32-17/h2-10,21,27H,11-12H2,1H3/b22-20-. The van der Waals surface area contributed by atoms with Gasteiger partial charge in [-0.15, -0.1) is 0 Å². The summed E-state index contributed by atoms with van der Waals surface area (Å²) in [5.74, 6) is -0.0894. The molecule has 0 radical (unpaired) electrons. The molecule has 1 aromatic heterocycles. The Balaban J connectivity index is 1.61. The molecule has 9 heteroatoms. The van der Waals surface area contributed by atoms with Gasteiger partial charge < -0.3 is 28.6 Å². The predicted octanol–water partition coefficient (Wildman–Crippen LogP) is 4.29. The first-order valence-corrected chi connectivity index (χ1v) is 10.4. The zero-order valence-electron chi connectivity index (χ0n) is 17.4. The number of ether oxygens (including phenoxy) is 3. The van der Waals surface area contributed by atoms with E-state index in [2.05, 4.69) is 0 Å². The summed E-state index contributed by atoms with van der Waals surface area (Å²) >= 11 is 6.29. The van der Waals surface area contributed by atoms with Crippen LogP contribution in [0.4, 0.5) is 0 Å². The number of Topliss-reactive ketones (excluding diaryl/α,β-unsaturated/α-hetero) is 1. The molecule has 0 saturated carbocycles. The maximum Gasteiger partial charge on any atom is 0.296 e. The molecule has 0 bridgehead atoms. The van der Waals surface area contributed by atoms with E-state index in [0.29, 0.717) is 23.0 Å². The Hall–Kier alpha value is -3.91. The topological polar surface area (TPSA) is 98.4 Å². The molecule has 1 atom stereocenters. The van der Waals surface area contributed by atoms with E-state index < -0.39 is 23.5 Å². The van der Waals surface area contributed by atoms with E-state index in [1.54, 1.807) is 42.5 Å². The summed E-state index contributed by atoms with van der Waals surface area (Å²) in [4.78, 5) is 27.5. The molecule has 1 saturated heterocycles. The molecule has 168 valence electrons. The van der Waals surface area contributed by atoms with Crippen molar-refractivity contribution in [2.75, 3.05) is 13.9 Å². The monoisotopic (exact) mass is 467 g/mol. The van der Waals surface area contributed by atoms with Crippen LogP contribution in [-0.4, -0.2) is 35.6 Å². The van der Waals surface area contributed by atoms with Crippen LogP contribution < -0.4 is 14.2 Å². The Morgan fingerprint density at radius 2 is 1.97 bits per heavy atom. The largest absolute Gasteiger partial charge is 0.507 e. The predicted molar refractivity (Wildman–Crippen MR) is 117 cm³/mol. The lowest BCUT2D eigenvalue weighted by Gasteiger charge is -2.23. The first-order valence-electron chi connectivity index (χ1n) is 10.0. The molecule has 8 nitrogen and oxygen atoms in total. The molecule has 2 aromatic carbocycles. The number of carbonyl (C=O) groups is 2. The van der Waals surface area contributed by atoms with Crippen LogP contribution in [0, 0.1) is 0 Å². The summed E-state index contributed by atoms with van der Waals surface area (Å²) < 4.78 is 21.5. The zero-order valence-corrected chi connectivity index (χ0v) is 18.2. The van der Waals surface area contributed by atoms with Crippen LogP contribution in [0.2, 0.25) is 5.02 Å².